The zero-order chi connectivity index (χ0) is 19.3. The van der Waals surface area contributed by atoms with Gasteiger partial charge in [0.1, 0.15) is 10.3 Å². The number of benzene rings is 2. The first-order chi connectivity index (χ1) is 12.9. The van der Waals surface area contributed by atoms with Gasteiger partial charge in [0.25, 0.3) is 10.0 Å². The van der Waals surface area contributed by atoms with Gasteiger partial charge < -0.3 is 5.32 Å². The van der Waals surface area contributed by atoms with Gasteiger partial charge in [0.05, 0.1) is 0 Å². The summed E-state index contributed by atoms with van der Waals surface area (Å²) in [5.74, 6) is -0.415. The molecule has 0 radical (unpaired) electrons. The first kappa shape index (κ1) is 19.8. The topological polar surface area (TPSA) is 75.3 Å². The molecule has 0 spiro atoms. The van der Waals surface area contributed by atoms with Crippen molar-refractivity contribution in [3.05, 3.63) is 82.1 Å². The first-order valence-corrected chi connectivity index (χ1v) is 11.3. The fourth-order valence-corrected chi connectivity index (χ4v) is 4.93. The number of sulfonamides is 1. The minimum Gasteiger partial charge on any atom is -0.325 e. The molecule has 140 valence electrons. The van der Waals surface area contributed by atoms with Gasteiger partial charge in [0, 0.05) is 10.2 Å². The van der Waals surface area contributed by atoms with Crippen molar-refractivity contribution in [2.24, 2.45) is 0 Å². The molecule has 8 heteroatoms. The highest BCUT2D eigenvalue weighted by Gasteiger charge is 2.26. The number of hydrogen-bond acceptors (Lipinski definition) is 4. The van der Waals surface area contributed by atoms with Crippen molar-refractivity contribution in [2.45, 2.75) is 16.7 Å². The molecule has 0 saturated heterocycles. The van der Waals surface area contributed by atoms with Crippen molar-refractivity contribution in [1.82, 2.24) is 4.72 Å². The Bertz CT molecular complexity index is 989. The van der Waals surface area contributed by atoms with Gasteiger partial charge in [-0.1, -0.05) is 52.3 Å². The van der Waals surface area contributed by atoms with Crippen LogP contribution in [0.4, 0.5) is 5.69 Å². The van der Waals surface area contributed by atoms with E-state index in [1.165, 1.54) is 6.07 Å². The highest BCUT2D eigenvalue weighted by Crippen LogP contribution is 2.18. The lowest BCUT2D eigenvalue weighted by Gasteiger charge is -2.18. The molecule has 1 heterocycles. The van der Waals surface area contributed by atoms with Gasteiger partial charge in [-0.15, -0.1) is 11.3 Å². The molecule has 2 aromatic carbocycles. The Kier molecular flexibility index (Phi) is 6.43. The van der Waals surface area contributed by atoms with Gasteiger partial charge in [0.2, 0.25) is 5.91 Å². The summed E-state index contributed by atoms with van der Waals surface area (Å²) in [6, 6.07) is 18.6. The van der Waals surface area contributed by atoms with Crippen molar-refractivity contribution >= 4 is 48.9 Å². The van der Waals surface area contributed by atoms with Crippen LogP contribution in [0.25, 0.3) is 0 Å². The monoisotopic (exact) mass is 464 g/mol. The fraction of sp³-hybridized carbons (Fsp3) is 0.105. The van der Waals surface area contributed by atoms with Gasteiger partial charge >= 0.3 is 0 Å². The van der Waals surface area contributed by atoms with Crippen LogP contribution < -0.4 is 10.0 Å². The largest absolute Gasteiger partial charge is 0.325 e. The summed E-state index contributed by atoms with van der Waals surface area (Å²) in [4.78, 5) is 12.8. The summed E-state index contributed by atoms with van der Waals surface area (Å²) in [6.07, 6.45) is 0.244. The van der Waals surface area contributed by atoms with E-state index in [0.29, 0.717) is 5.69 Å². The molecule has 2 N–H and O–H groups in total. The third-order valence-corrected chi connectivity index (χ3v) is 7.17. The molecule has 0 saturated carbocycles. The summed E-state index contributed by atoms with van der Waals surface area (Å²) >= 11 is 4.45. The number of thiophene rings is 1. The van der Waals surface area contributed by atoms with Crippen LogP contribution in [-0.2, 0) is 21.2 Å². The van der Waals surface area contributed by atoms with Crippen molar-refractivity contribution in [3.63, 3.8) is 0 Å². The maximum absolute atomic E-state index is 12.8. The number of carbonyl (C=O) groups is 1. The van der Waals surface area contributed by atoms with Crippen LogP contribution in [0.3, 0.4) is 0 Å². The van der Waals surface area contributed by atoms with Crippen LogP contribution in [0.2, 0.25) is 0 Å². The molecule has 1 atom stereocenters. The Morgan fingerprint density at radius 3 is 2.33 bits per heavy atom. The minimum absolute atomic E-state index is 0.178. The number of rotatable bonds is 7. The molecule has 0 aliphatic carbocycles. The number of hydrogen-bond donors (Lipinski definition) is 2. The molecule has 0 aliphatic heterocycles. The molecule has 3 rings (SSSR count). The summed E-state index contributed by atoms with van der Waals surface area (Å²) in [5, 5.41) is 4.46. The lowest BCUT2D eigenvalue weighted by Crippen LogP contribution is -2.45. The lowest BCUT2D eigenvalue weighted by atomic mass is 10.1. The third-order valence-electron chi connectivity index (χ3n) is 3.77. The molecule has 0 fully saturated rings. The molecule has 0 unspecified atom stereocenters. The Labute approximate surface area is 170 Å². The van der Waals surface area contributed by atoms with Gasteiger partial charge in [-0.3, -0.25) is 4.79 Å². The van der Waals surface area contributed by atoms with E-state index in [9.17, 15) is 13.2 Å². The third kappa shape index (κ3) is 5.49. The second kappa shape index (κ2) is 8.79. The average molecular weight is 465 g/mol. The Balaban J connectivity index is 1.82. The summed E-state index contributed by atoms with van der Waals surface area (Å²) in [5.41, 5.74) is 1.46. The maximum atomic E-state index is 12.8. The molecule has 5 nitrogen and oxygen atoms in total. The number of anilines is 1. The Morgan fingerprint density at radius 2 is 1.70 bits per heavy atom. The predicted octanol–water partition coefficient (Wildman–Crippen LogP) is 4.04. The average Bonchev–Trinajstić information content (AvgIpc) is 3.19. The van der Waals surface area contributed by atoms with Crippen LogP contribution in [0, 0.1) is 0 Å². The van der Waals surface area contributed by atoms with Crippen LogP contribution in [-0.4, -0.2) is 20.4 Å². The number of nitrogens with one attached hydrogen (secondary N) is 2. The van der Waals surface area contributed by atoms with Gasteiger partial charge in [0.15, 0.2) is 0 Å². The zero-order valence-corrected chi connectivity index (χ0v) is 17.4. The van der Waals surface area contributed by atoms with Gasteiger partial charge in [-0.05, 0) is 47.7 Å². The van der Waals surface area contributed by atoms with E-state index in [1.807, 2.05) is 30.3 Å². The van der Waals surface area contributed by atoms with E-state index in [0.717, 1.165) is 21.4 Å². The minimum atomic E-state index is -3.78. The van der Waals surface area contributed by atoms with Crippen molar-refractivity contribution in [1.29, 1.82) is 0 Å². The molecular weight excluding hydrogens is 448 g/mol. The van der Waals surface area contributed by atoms with Crippen molar-refractivity contribution < 1.29 is 13.2 Å². The van der Waals surface area contributed by atoms with Crippen LogP contribution in [0.15, 0.2) is 80.8 Å². The molecular formula is C19H17BrN2O3S2. The number of amides is 1. The highest BCUT2D eigenvalue weighted by molar-refractivity contribution is 9.10. The van der Waals surface area contributed by atoms with Crippen molar-refractivity contribution in [3.8, 4) is 0 Å². The maximum Gasteiger partial charge on any atom is 0.250 e. The van der Waals surface area contributed by atoms with E-state index < -0.39 is 22.0 Å². The standard InChI is InChI=1S/C19H17BrN2O3S2/c20-15-8-10-16(11-9-15)21-19(23)17(13-14-5-2-1-3-6-14)22-27(24,25)18-7-4-12-26-18/h1-12,17,22H,13H2,(H,21,23)/t17-/m0/s1. The number of halogens is 1. The lowest BCUT2D eigenvalue weighted by molar-refractivity contribution is -0.117. The molecule has 1 amide bonds. The number of carbonyl (C=O) groups excluding carboxylic acids is 1. The normalized spacial score (nSPS) is 12.5. The van der Waals surface area contributed by atoms with Crippen LogP contribution in [0.1, 0.15) is 5.56 Å². The summed E-state index contributed by atoms with van der Waals surface area (Å²) < 4.78 is 28.8. The van der Waals surface area contributed by atoms with Gasteiger partial charge in [-0.2, -0.15) is 4.72 Å². The van der Waals surface area contributed by atoms with E-state index in [-0.39, 0.29) is 10.6 Å². The first-order valence-electron chi connectivity index (χ1n) is 8.10. The van der Waals surface area contributed by atoms with Crippen molar-refractivity contribution in [2.75, 3.05) is 5.32 Å². The van der Waals surface area contributed by atoms with E-state index >= 15 is 0 Å². The predicted molar refractivity (Wildman–Crippen MR) is 111 cm³/mol. The second-order valence-corrected chi connectivity index (χ2v) is 9.60. The van der Waals surface area contributed by atoms with E-state index in [4.69, 9.17) is 0 Å². The molecule has 3 aromatic rings. The zero-order valence-electron chi connectivity index (χ0n) is 14.1. The SMILES string of the molecule is O=C(Nc1ccc(Br)cc1)[C@H](Cc1ccccc1)NS(=O)(=O)c1cccs1. The Morgan fingerprint density at radius 1 is 1.00 bits per heavy atom. The molecule has 0 aliphatic rings. The highest BCUT2D eigenvalue weighted by atomic mass is 79.9. The molecule has 1 aromatic heterocycles. The van der Waals surface area contributed by atoms with Crippen LogP contribution >= 0.6 is 27.3 Å². The second-order valence-electron chi connectivity index (χ2n) is 5.79. The van der Waals surface area contributed by atoms with Crippen LogP contribution in [0.5, 0.6) is 0 Å². The molecule has 0 bridgehead atoms. The fourth-order valence-electron chi connectivity index (χ4n) is 2.46. The quantitative estimate of drug-likeness (QED) is 0.553. The molecule has 27 heavy (non-hydrogen) atoms. The van der Waals surface area contributed by atoms with E-state index in [1.54, 1.807) is 35.7 Å². The van der Waals surface area contributed by atoms with Gasteiger partial charge in [-0.25, -0.2) is 8.42 Å². The summed E-state index contributed by atoms with van der Waals surface area (Å²) in [6.45, 7) is 0. The smallest absolute Gasteiger partial charge is 0.250 e. The Hall–Kier alpha value is -2.00. The summed E-state index contributed by atoms with van der Waals surface area (Å²) in [7, 11) is -3.78. The van der Waals surface area contributed by atoms with E-state index in [2.05, 4.69) is 26.0 Å².